The van der Waals surface area contributed by atoms with Crippen molar-refractivity contribution in [2.24, 2.45) is 9.98 Å². The molecule has 3 rings (SSSR count). The van der Waals surface area contributed by atoms with Crippen LogP contribution < -0.4 is 5.32 Å². The number of hydrogen-bond acceptors (Lipinski definition) is 5. The first kappa shape index (κ1) is 19.1. The summed E-state index contributed by atoms with van der Waals surface area (Å²) in [6, 6.07) is 0.940. The lowest BCUT2D eigenvalue weighted by molar-refractivity contribution is 0.218. The molecule has 0 radical (unpaired) electrons. The predicted octanol–water partition coefficient (Wildman–Crippen LogP) is 3.39. The lowest BCUT2D eigenvalue weighted by Gasteiger charge is -2.40. The van der Waals surface area contributed by atoms with Gasteiger partial charge in [0, 0.05) is 44.1 Å². The van der Waals surface area contributed by atoms with Crippen LogP contribution in [0.25, 0.3) is 0 Å². The standard InChI is InChI=1S/C22H29N5/c1-7-15(2)10-20(23-6)21-11-18(5)27-14-19(8-9-22(27)25-21)26-12-16(3)24-17(4)13-26/h7-11,14,16-17,24H,1,5,12-13H2,2-4,6H3/b15-10+,23-20?. The number of rotatable bonds is 4. The van der Waals surface area contributed by atoms with Crippen LogP contribution in [-0.2, 0) is 0 Å². The summed E-state index contributed by atoms with van der Waals surface area (Å²) in [6.45, 7) is 16.5. The van der Waals surface area contributed by atoms with Crippen LogP contribution in [0.1, 0.15) is 20.8 Å². The molecule has 3 aliphatic rings. The molecule has 2 unspecified atom stereocenters. The third-order valence-electron chi connectivity index (χ3n) is 4.87. The fourth-order valence-electron chi connectivity index (χ4n) is 3.57. The zero-order valence-corrected chi connectivity index (χ0v) is 16.7. The van der Waals surface area contributed by atoms with Gasteiger partial charge in [-0.25, -0.2) is 4.99 Å². The molecule has 0 spiro atoms. The van der Waals surface area contributed by atoms with Crippen molar-refractivity contribution in [2.75, 3.05) is 20.1 Å². The average Bonchev–Trinajstić information content (AvgIpc) is 2.64. The van der Waals surface area contributed by atoms with Crippen molar-refractivity contribution in [1.29, 1.82) is 0 Å². The van der Waals surface area contributed by atoms with E-state index in [1.807, 2.05) is 30.1 Å². The Balaban J connectivity index is 1.84. The molecule has 1 saturated heterocycles. The zero-order valence-electron chi connectivity index (χ0n) is 16.7. The molecule has 1 N–H and O–H groups in total. The molecular weight excluding hydrogens is 334 g/mol. The maximum atomic E-state index is 4.79. The van der Waals surface area contributed by atoms with Crippen molar-refractivity contribution >= 4 is 11.5 Å². The van der Waals surface area contributed by atoms with Crippen LogP contribution in [0.4, 0.5) is 0 Å². The number of aliphatic imine (C=N–C) groups is 2. The van der Waals surface area contributed by atoms with Gasteiger partial charge in [-0.2, -0.15) is 0 Å². The first-order valence-electron chi connectivity index (χ1n) is 9.38. The maximum absolute atomic E-state index is 4.79. The number of nitrogens with one attached hydrogen (secondary N) is 1. The van der Waals surface area contributed by atoms with Crippen LogP contribution in [0.2, 0.25) is 0 Å². The van der Waals surface area contributed by atoms with E-state index in [0.717, 1.165) is 41.6 Å². The van der Waals surface area contributed by atoms with Crippen LogP contribution in [0.5, 0.6) is 0 Å². The van der Waals surface area contributed by atoms with Crippen molar-refractivity contribution in [3.05, 3.63) is 72.4 Å². The van der Waals surface area contributed by atoms with E-state index in [4.69, 9.17) is 4.99 Å². The van der Waals surface area contributed by atoms with Crippen molar-refractivity contribution in [2.45, 2.75) is 32.9 Å². The molecule has 0 amide bonds. The van der Waals surface area contributed by atoms with E-state index in [2.05, 4.69) is 60.6 Å². The highest BCUT2D eigenvalue weighted by Gasteiger charge is 2.26. The summed E-state index contributed by atoms with van der Waals surface area (Å²) < 4.78 is 0. The van der Waals surface area contributed by atoms with Gasteiger partial charge in [0.1, 0.15) is 5.84 Å². The first-order valence-corrected chi connectivity index (χ1v) is 9.38. The van der Waals surface area contributed by atoms with E-state index in [-0.39, 0.29) is 0 Å². The molecular formula is C22H29N5. The second-order valence-electron chi connectivity index (χ2n) is 7.32. The first-order chi connectivity index (χ1) is 12.9. The molecule has 5 nitrogen and oxygen atoms in total. The van der Waals surface area contributed by atoms with Gasteiger partial charge in [-0.3, -0.25) is 4.99 Å². The van der Waals surface area contributed by atoms with Crippen molar-refractivity contribution in [3.63, 3.8) is 0 Å². The fraction of sp³-hybridized carbons (Fsp3) is 0.364. The summed E-state index contributed by atoms with van der Waals surface area (Å²) in [6.07, 6.45) is 12.1. The Morgan fingerprint density at radius 2 is 2.00 bits per heavy atom. The molecule has 0 aromatic carbocycles. The SMILES string of the molecule is C=C/C(C)=C/C(=NC)C1=CC(=C)N2C=C(N3CC(C)NC(C)C3)C=CC2=N1. The van der Waals surface area contributed by atoms with Crippen molar-refractivity contribution in [1.82, 2.24) is 15.1 Å². The Hall–Kier alpha value is -2.66. The number of hydrogen-bond donors (Lipinski definition) is 1. The fourth-order valence-corrected chi connectivity index (χ4v) is 3.57. The van der Waals surface area contributed by atoms with Gasteiger partial charge in [-0.05, 0) is 50.6 Å². The lowest BCUT2D eigenvalue weighted by Crippen LogP contribution is -2.53. The molecule has 3 heterocycles. The van der Waals surface area contributed by atoms with Gasteiger partial charge in [0.05, 0.1) is 17.1 Å². The highest BCUT2D eigenvalue weighted by Crippen LogP contribution is 2.25. The number of amidine groups is 1. The van der Waals surface area contributed by atoms with E-state index in [1.165, 1.54) is 5.70 Å². The Morgan fingerprint density at radius 1 is 1.30 bits per heavy atom. The number of nitrogens with zero attached hydrogens (tertiary/aromatic N) is 4. The lowest BCUT2D eigenvalue weighted by atomic mass is 10.1. The normalized spacial score (nSPS) is 26.4. The largest absolute Gasteiger partial charge is 0.367 e. The molecule has 0 aromatic rings. The van der Waals surface area contributed by atoms with E-state index in [0.29, 0.717) is 12.1 Å². The van der Waals surface area contributed by atoms with E-state index >= 15 is 0 Å². The van der Waals surface area contributed by atoms with Gasteiger partial charge >= 0.3 is 0 Å². The molecule has 0 aromatic heterocycles. The molecule has 5 heteroatoms. The smallest absolute Gasteiger partial charge is 0.137 e. The van der Waals surface area contributed by atoms with Crippen LogP contribution in [0, 0.1) is 0 Å². The molecule has 2 atom stereocenters. The minimum absolute atomic E-state index is 0.470. The highest BCUT2D eigenvalue weighted by molar-refractivity contribution is 6.12. The minimum Gasteiger partial charge on any atom is -0.367 e. The number of allylic oxidation sites excluding steroid dienone is 5. The average molecular weight is 364 g/mol. The molecule has 1 fully saturated rings. The minimum atomic E-state index is 0.470. The quantitative estimate of drug-likeness (QED) is 0.615. The van der Waals surface area contributed by atoms with Crippen LogP contribution in [0.3, 0.4) is 0 Å². The Kier molecular flexibility index (Phi) is 5.61. The third-order valence-corrected chi connectivity index (χ3v) is 4.87. The molecule has 27 heavy (non-hydrogen) atoms. The molecule has 3 aliphatic heterocycles. The van der Waals surface area contributed by atoms with Gasteiger partial charge in [-0.15, -0.1) is 0 Å². The van der Waals surface area contributed by atoms with Crippen LogP contribution in [-0.4, -0.2) is 53.6 Å². The summed E-state index contributed by atoms with van der Waals surface area (Å²) >= 11 is 0. The number of piperazine rings is 1. The summed E-state index contributed by atoms with van der Waals surface area (Å²) in [5.74, 6) is 0.864. The highest BCUT2D eigenvalue weighted by atomic mass is 15.3. The second-order valence-corrected chi connectivity index (χ2v) is 7.32. The topological polar surface area (TPSA) is 43.2 Å². The summed E-state index contributed by atoms with van der Waals surface area (Å²) in [5.41, 5.74) is 4.78. The van der Waals surface area contributed by atoms with Gasteiger partial charge in [-0.1, -0.05) is 19.2 Å². The molecule has 0 bridgehead atoms. The van der Waals surface area contributed by atoms with Crippen molar-refractivity contribution in [3.8, 4) is 0 Å². The van der Waals surface area contributed by atoms with E-state index in [9.17, 15) is 0 Å². The van der Waals surface area contributed by atoms with Gasteiger partial charge < -0.3 is 15.1 Å². The van der Waals surface area contributed by atoms with Crippen molar-refractivity contribution < 1.29 is 0 Å². The van der Waals surface area contributed by atoms with Crippen LogP contribution in [0.15, 0.2) is 82.4 Å². The van der Waals surface area contributed by atoms with Crippen LogP contribution >= 0.6 is 0 Å². The molecule has 0 aliphatic carbocycles. The Bertz CT molecular complexity index is 812. The number of fused-ring (bicyclic) bond motifs is 1. The summed E-state index contributed by atoms with van der Waals surface area (Å²) in [4.78, 5) is 13.6. The molecule has 0 saturated carbocycles. The van der Waals surface area contributed by atoms with Gasteiger partial charge in [0.25, 0.3) is 0 Å². The van der Waals surface area contributed by atoms with Gasteiger partial charge in [0.15, 0.2) is 0 Å². The summed E-state index contributed by atoms with van der Waals surface area (Å²) in [7, 11) is 1.78. The zero-order chi connectivity index (χ0) is 19.6. The predicted molar refractivity (Wildman–Crippen MR) is 115 cm³/mol. The monoisotopic (exact) mass is 363 g/mol. The third kappa shape index (κ3) is 4.19. The second kappa shape index (κ2) is 7.92. The Labute approximate surface area is 162 Å². The summed E-state index contributed by atoms with van der Waals surface area (Å²) in [5, 5.41) is 3.58. The molecule has 142 valence electrons. The van der Waals surface area contributed by atoms with E-state index in [1.54, 1.807) is 7.05 Å². The Morgan fingerprint density at radius 3 is 2.63 bits per heavy atom. The van der Waals surface area contributed by atoms with Gasteiger partial charge in [0.2, 0.25) is 0 Å². The van der Waals surface area contributed by atoms with E-state index < -0.39 is 0 Å². The maximum Gasteiger partial charge on any atom is 0.137 e.